The summed E-state index contributed by atoms with van der Waals surface area (Å²) in [7, 11) is 0. The number of hydrogen-bond acceptors (Lipinski definition) is 4. The molecule has 4 nitrogen and oxygen atoms in total. The number of hydrogen-bond donors (Lipinski definition) is 2. The number of nitrogens with two attached hydrogens (primary N) is 1. The lowest BCUT2D eigenvalue weighted by Crippen LogP contribution is -2.26. The molecule has 3 rings (SSSR count). The lowest BCUT2D eigenvalue weighted by Gasteiger charge is -2.19. The average Bonchev–Trinajstić information content (AvgIpc) is 3.11. The highest BCUT2D eigenvalue weighted by Gasteiger charge is 2.18. The molecule has 1 saturated carbocycles. The van der Waals surface area contributed by atoms with Gasteiger partial charge in [0, 0.05) is 36.4 Å². The predicted molar refractivity (Wildman–Crippen MR) is 104 cm³/mol. The number of nitrogens with one attached hydrogen (secondary N) is 1. The summed E-state index contributed by atoms with van der Waals surface area (Å²) in [4.78, 5) is 16.8. The Kier molecular flexibility index (Phi) is 6.45. The predicted octanol–water partition coefficient (Wildman–Crippen LogP) is 4.06. The van der Waals surface area contributed by atoms with Crippen LogP contribution in [0.1, 0.15) is 60.7 Å². The largest absolute Gasteiger partial charge is 0.399 e. The molecule has 1 aliphatic rings. The van der Waals surface area contributed by atoms with Crippen molar-refractivity contribution in [2.45, 2.75) is 57.3 Å². The molecular formula is C20H27N3OS. The van der Waals surface area contributed by atoms with Gasteiger partial charge < -0.3 is 11.1 Å². The fourth-order valence-corrected chi connectivity index (χ4v) is 4.31. The lowest BCUT2D eigenvalue weighted by atomic mass is 9.87. The molecule has 0 radical (unpaired) electrons. The molecule has 0 saturated heterocycles. The van der Waals surface area contributed by atoms with Crippen molar-refractivity contribution in [1.29, 1.82) is 0 Å². The second kappa shape index (κ2) is 8.99. The van der Waals surface area contributed by atoms with E-state index < -0.39 is 0 Å². The Morgan fingerprint density at radius 2 is 2.00 bits per heavy atom. The minimum Gasteiger partial charge on any atom is -0.399 e. The Bertz CT molecular complexity index is 692. The van der Waals surface area contributed by atoms with Crippen LogP contribution in [0.2, 0.25) is 0 Å². The zero-order valence-corrected chi connectivity index (χ0v) is 15.5. The number of nitrogen functional groups attached to an aromatic ring is 1. The monoisotopic (exact) mass is 357 g/mol. The van der Waals surface area contributed by atoms with Gasteiger partial charge in [0.15, 0.2) is 0 Å². The van der Waals surface area contributed by atoms with E-state index in [0.29, 0.717) is 25.3 Å². The van der Waals surface area contributed by atoms with Gasteiger partial charge in [-0.3, -0.25) is 4.79 Å². The first kappa shape index (κ1) is 17.9. The van der Waals surface area contributed by atoms with Crippen molar-refractivity contribution < 1.29 is 4.79 Å². The van der Waals surface area contributed by atoms with Gasteiger partial charge in [-0.15, -0.1) is 11.3 Å². The summed E-state index contributed by atoms with van der Waals surface area (Å²) in [6.07, 6.45) is 8.57. The van der Waals surface area contributed by atoms with Crippen molar-refractivity contribution in [3.8, 4) is 0 Å². The molecular weight excluding hydrogens is 330 g/mol. The molecule has 1 fully saturated rings. The van der Waals surface area contributed by atoms with Crippen LogP contribution in [0.3, 0.4) is 0 Å². The minimum atomic E-state index is 0.0762. The number of para-hydroxylation sites is 1. The third-order valence-electron chi connectivity index (χ3n) is 4.93. The molecule has 5 heteroatoms. The molecule has 1 amide bonds. The Morgan fingerprint density at radius 3 is 2.80 bits per heavy atom. The summed E-state index contributed by atoms with van der Waals surface area (Å²) in [6.45, 7) is 0.653. The van der Waals surface area contributed by atoms with Crippen molar-refractivity contribution >= 4 is 22.9 Å². The second-order valence-electron chi connectivity index (χ2n) is 6.80. The number of nitrogens with zero attached hydrogens (tertiary/aromatic N) is 1. The summed E-state index contributed by atoms with van der Waals surface area (Å²) in [5.41, 5.74) is 8.97. The van der Waals surface area contributed by atoms with Crippen molar-refractivity contribution in [2.24, 2.45) is 0 Å². The van der Waals surface area contributed by atoms with Gasteiger partial charge in [0.1, 0.15) is 0 Å². The third kappa shape index (κ3) is 5.30. The Labute approximate surface area is 153 Å². The van der Waals surface area contributed by atoms with E-state index in [1.54, 1.807) is 11.3 Å². The molecule has 0 spiro atoms. The summed E-state index contributed by atoms with van der Waals surface area (Å²) in [5, 5.41) is 6.34. The Balaban J connectivity index is 1.38. The first-order valence-electron chi connectivity index (χ1n) is 9.27. The maximum atomic E-state index is 12.0. The zero-order valence-electron chi connectivity index (χ0n) is 14.7. The standard InChI is InChI=1S/C20H27N3OS/c21-17-9-5-4-6-15(17)10-11-19(24)22-13-12-20-23-18(14-25-20)16-7-2-1-3-8-16/h4-6,9,14,16H,1-3,7-8,10-13,21H2,(H,22,24). The zero-order chi connectivity index (χ0) is 17.5. The van der Waals surface area contributed by atoms with Gasteiger partial charge >= 0.3 is 0 Å². The fraction of sp³-hybridized carbons (Fsp3) is 0.500. The number of aryl methyl sites for hydroxylation is 1. The second-order valence-corrected chi connectivity index (χ2v) is 7.74. The van der Waals surface area contributed by atoms with Crippen LogP contribution >= 0.6 is 11.3 Å². The highest BCUT2D eigenvalue weighted by atomic mass is 32.1. The molecule has 0 unspecified atom stereocenters. The van der Waals surface area contributed by atoms with Gasteiger partial charge in [-0.2, -0.15) is 0 Å². The van der Waals surface area contributed by atoms with Crippen molar-refractivity contribution in [3.63, 3.8) is 0 Å². The lowest BCUT2D eigenvalue weighted by molar-refractivity contribution is -0.121. The van der Waals surface area contributed by atoms with E-state index in [0.717, 1.165) is 22.7 Å². The summed E-state index contributed by atoms with van der Waals surface area (Å²) in [5.74, 6) is 0.733. The average molecular weight is 358 g/mol. The molecule has 1 aromatic carbocycles. The summed E-state index contributed by atoms with van der Waals surface area (Å²) in [6, 6.07) is 7.72. The van der Waals surface area contributed by atoms with Gasteiger partial charge in [0.05, 0.1) is 10.7 Å². The molecule has 1 heterocycles. The van der Waals surface area contributed by atoms with Crippen molar-refractivity contribution in [3.05, 3.63) is 45.9 Å². The molecule has 1 aliphatic carbocycles. The van der Waals surface area contributed by atoms with E-state index in [4.69, 9.17) is 10.7 Å². The molecule has 2 aromatic rings. The Hall–Kier alpha value is -1.88. The fourth-order valence-electron chi connectivity index (χ4n) is 3.43. The van der Waals surface area contributed by atoms with Crippen LogP contribution in [-0.4, -0.2) is 17.4 Å². The smallest absolute Gasteiger partial charge is 0.220 e. The van der Waals surface area contributed by atoms with Gasteiger partial charge in [0.2, 0.25) is 5.91 Å². The number of aromatic nitrogens is 1. The molecule has 1 aromatic heterocycles. The first-order valence-corrected chi connectivity index (χ1v) is 10.1. The summed E-state index contributed by atoms with van der Waals surface area (Å²) >= 11 is 1.73. The third-order valence-corrected chi connectivity index (χ3v) is 5.86. The van der Waals surface area contributed by atoms with Crippen LogP contribution in [-0.2, 0) is 17.6 Å². The van der Waals surface area contributed by atoms with Crippen LogP contribution in [0.15, 0.2) is 29.6 Å². The number of benzene rings is 1. The first-order chi connectivity index (χ1) is 12.2. The number of rotatable bonds is 7. The number of amides is 1. The highest BCUT2D eigenvalue weighted by molar-refractivity contribution is 7.09. The Morgan fingerprint density at radius 1 is 1.20 bits per heavy atom. The number of thiazole rings is 1. The SMILES string of the molecule is Nc1ccccc1CCC(=O)NCCc1nc(C2CCCCC2)cs1. The van der Waals surface area contributed by atoms with E-state index in [9.17, 15) is 4.79 Å². The van der Waals surface area contributed by atoms with Crippen molar-refractivity contribution in [2.75, 3.05) is 12.3 Å². The molecule has 134 valence electrons. The van der Waals surface area contributed by atoms with E-state index >= 15 is 0 Å². The maximum absolute atomic E-state index is 12.0. The van der Waals surface area contributed by atoms with Crippen LogP contribution in [0.25, 0.3) is 0 Å². The number of carbonyl (C=O) groups excluding carboxylic acids is 1. The van der Waals surface area contributed by atoms with Crippen LogP contribution in [0.5, 0.6) is 0 Å². The van der Waals surface area contributed by atoms with Gasteiger partial charge in [-0.25, -0.2) is 4.98 Å². The van der Waals surface area contributed by atoms with Crippen molar-refractivity contribution in [1.82, 2.24) is 10.3 Å². The quantitative estimate of drug-likeness (QED) is 0.734. The van der Waals surface area contributed by atoms with Crippen LogP contribution in [0, 0.1) is 0 Å². The van der Waals surface area contributed by atoms with Gasteiger partial charge in [-0.05, 0) is 30.9 Å². The topological polar surface area (TPSA) is 68.0 Å². The van der Waals surface area contributed by atoms with Gasteiger partial charge in [0.25, 0.3) is 0 Å². The number of anilines is 1. The molecule has 3 N–H and O–H groups in total. The maximum Gasteiger partial charge on any atom is 0.220 e. The van der Waals surface area contributed by atoms with Crippen LogP contribution in [0.4, 0.5) is 5.69 Å². The molecule has 0 bridgehead atoms. The van der Waals surface area contributed by atoms with E-state index in [2.05, 4.69) is 10.7 Å². The van der Waals surface area contributed by atoms with E-state index in [1.807, 2.05) is 24.3 Å². The van der Waals surface area contributed by atoms with Gasteiger partial charge in [-0.1, -0.05) is 37.5 Å². The minimum absolute atomic E-state index is 0.0762. The summed E-state index contributed by atoms with van der Waals surface area (Å²) < 4.78 is 0. The highest BCUT2D eigenvalue weighted by Crippen LogP contribution is 2.33. The number of carbonyl (C=O) groups is 1. The molecule has 0 aliphatic heterocycles. The molecule has 25 heavy (non-hydrogen) atoms. The van der Waals surface area contributed by atoms with Crippen LogP contribution < -0.4 is 11.1 Å². The molecule has 0 atom stereocenters. The van der Waals surface area contributed by atoms with E-state index in [1.165, 1.54) is 37.8 Å². The normalized spacial score (nSPS) is 15.2. The van der Waals surface area contributed by atoms with E-state index in [-0.39, 0.29) is 5.91 Å².